The fourth-order valence-corrected chi connectivity index (χ4v) is 1.98. The highest BCUT2D eigenvalue weighted by molar-refractivity contribution is 5.65. The van der Waals surface area contributed by atoms with Crippen LogP contribution in [0.2, 0.25) is 0 Å². The number of carbonyl (C=O) groups is 1. The molecular weight excluding hydrogens is 224 g/mol. The monoisotopic (exact) mass is 246 g/mol. The third kappa shape index (κ3) is 3.66. The summed E-state index contributed by atoms with van der Waals surface area (Å²) in [5.41, 5.74) is -1.70. The maximum absolute atomic E-state index is 10.7. The van der Waals surface area contributed by atoms with Crippen molar-refractivity contribution >= 4 is 5.97 Å². The van der Waals surface area contributed by atoms with E-state index in [4.69, 9.17) is 9.47 Å². The van der Waals surface area contributed by atoms with Crippen LogP contribution in [0.25, 0.3) is 0 Å². The zero-order chi connectivity index (χ0) is 13.3. The number of rotatable bonds is 4. The van der Waals surface area contributed by atoms with E-state index in [1.165, 1.54) is 6.92 Å². The summed E-state index contributed by atoms with van der Waals surface area (Å²) in [6.07, 6.45) is 0.125. The molecule has 0 bridgehead atoms. The molecule has 0 aromatic carbocycles. The van der Waals surface area contributed by atoms with Gasteiger partial charge in [-0.25, -0.2) is 0 Å². The molecule has 3 atom stereocenters. The normalized spacial score (nSPS) is 31.3. The van der Waals surface area contributed by atoms with Crippen molar-refractivity contribution < 1.29 is 24.5 Å². The van der Waals surface area contributed by atoms with Gasteiger partial charge in [-0.1, -0.05) is 0 Å². The van der Waals surface area contributed by atoms with Gasteiger partial charge in [0.05, 0.1) is 17.3 Å². The van der Waals surface area contributed by atoms with Gasteiger partial charge in [-0.05, 0) is 33.6 Å². The van der Waals surface area contributed by atoms with Crippen molar-refractivity contribution in [3.63, 3.8) is 0 Å². The van der Waals surface area contributed by atoms with Gasteiger partial charge in [0.1, 0.15) is 12.7 Å². The summed E-state index contributed by atoms with van der Waals surface area (Å²) in [5, 5.41) is 19.8. The summed E-state index contributed by atoms with van der Waals surface area (Å²) >= 11 is 0. The van der Waals surface area contributed by atoms with E-state index in [0.29, 0.717) is 12.8 Å². The summed E-state index contributed by atoms with van der Waals surface area (Å²) in [4.78, 5) is 10.7. The zero-order valence-electron chi connectivity index (χ0n) is 10.9. The maximum atomic E-state index is 10.7. The van der Waals surface area contributed by atoms with Crippen molar-refractivity contribution in [1.82, 2.24) is 0 Å². The number of ether oxygens (including phenoxy) is 2. The van der Waals surface area contributed by atoms with Crippen LogP contribution in [0.15, 0.2) is 0 Å². The van der Waals surface area contributed by atoms with Crippen LogP contribution < -0.4 is 0 Å². The van der Waals surface area contributed by atoms with Crippen LogP contribution in [0, 0.1) is 0 Å². The molecule has 1 saturated heterocycles. The fraction of sp³-hybridized carbons (Fsp3) is 0.917. The minimum absolute atomic E-state index is 0.0790. The van der Waals surface area contributed by atoms with Crippen LogP contribution in [0.5, 0.6) is 0 Å². The molecule has 0 aliphatic carbocycles. The molecule has 0 saturated carbocycles. The third-order valence-electron chi connectivity index (χ3n) is 3.25. The standard InChI is InChI=1S/C12H22O5/c1-8(13)16-7-9(14)12(4)6-5-10(17-12)11(2,3)15/h9-10,14-15H,5-7H2,1-4H3/t9-,10-,12-/m1/s1. The van der Waals surface area contributed by atoms with E-state index in [1.54, 1.807) is 20.8 Å². The molecule has 0 spiro atoms. The summed E-state index contributed by atoms with van der Waals surface area (Å²) < 4.78 is 10.5. The maximum Gasteiger partial charge on any atom is 0.302 e. The first kappa shape index (κ1) is 14.4. The topological polar surface area (TPSA) is 76.0 Å². The lowest BCUT2D eigenvalue weighted by atomic mass is 9.94. The highest BCUT2D eigenvalue weighted by atomic mass is 16.6. The minimum atomic E-state index is -0.932. The molecule has 1 heterocycles. The summed E-state index contributed by atoms with van der Waals surface area (Å²) in [6, 6.07) is 0. The van der Waals surface area contributed by atoms with Gasteiger partial charge < -0.3 is 19.7 Å². The quantitative estimate of drug-likeness (QED) is 0.711. The molecule has 2 N–H and O–H groups in total. The van der Waals surface area contributed by atoms with Gasteiger partial charge >= 0.3 is 5.97 Å². The van der Waals surface area contributed by atoms with E-state index < -0.39 is 23.3 Å². The lowest BCUT2D eigenvalue weighted by Crippen LogP contribution is -2.45. The average Bonchev–Trinajstić information content (AvgIpc) is 2.58. The van der Waals surface area contributed by atoms with Gasteiger partial charge in [-0.15, -0.1) is 0 Å². The lowest BCUT2D eigenvalue weighted by Gasteiger charge is -2.33. The fourth-order valence-electron chi connectivity index (χ4n) is 1.98. The predicted octanol–water partition coefficient (Wildman–Crippen LogP) is 0.619. The first-order valence-electron chi connectivity index (χ1n) is 5.87. The summed E-state index contributed by atoms with van der Waals surface area (Å²) in [6.45, 7) is 6.35. The molecule has 0 amide bonds. The third-order valence-corrected chi connectivity index (χ3v) is 3.25. The van der Waals surface area contributed by atoms with Crippen molar-refractivity contribution in [2.24, 2.45) is 0 Å². The Morgan fingerprint density at radius 3 is 2.65 bits per heavy atom. The van der Waals surface area contributed by atoms with Gasteiger partial charge in [0.2, 0.25) is 0 Å². The molecule has 0 unspecified atom stereocenters. The number of esters is 1. The van der Waals surface area contributed by atoms with E-state index in [0.717, 1.165) is 0 Å². The second kappa shape index (κ2) is 4.92. The van der Waals surface area contributed by atoms with Crippen molar-refractivity contribution in [2.75, 3.05) is 6.61 Å². The van der Waals surface area contributed by atoms with Gasteiger partial charge in [0.25, 0.3) is 0 Å². The van der Waals surface area contributed by atoms with E-state index in [-0.39, 0.29) is 12.7 Å². The highest BCUT2D eigenvalue weighted by Gasteiger charge is 2.46. The molecule has 1 aliphatic rings. The Bertz CT molecular complexity index is 283. The van der Waals surface area contributed by atoms with Gasteiger partial charge in [-0.2, -0.15) is 0 Å². The highest BCUT2D eigenvalue weighted by Crippen LogP contribution is 2.37. The molecule has 0 radical (unpaired) electrons. The van der Waals surface area contributed by atoms with E-state index in [9.17, 15) is 15.0 Å². The van der Waals surface area contributed by atoms with Crippen LogP contribution in [0.4, 0.5) is 0 Å². The van der Waals surface area contributed by atoms with E-state index >= 15 is 0 Å². The number of hydrogen-bond donors (Lipinski definition) is 2. The van der Waals surface area contributed by atoms with Crippen molar-refractivity contribution in [3.05, 3.63) is 0 Å². The molecule has 5 heteroatoms. The number of aliphatic hydroxyl groups is 2. The van der Waals surface area contributed by atoms with Crippen molar-refractivity contribution in [3.8, 4) is 0 Å². The average molecular weight is 246 g/mol. The Kier molecular flexibility index (Phi) is 4.17. The first-order chi connectivity index (χ1) is 7.65. The SMILES string of the molecule is CC(=O)OC[C@@H](O)[C@@]1(C)CC[C@H](C(C)(C)O)O1. The van der Waals surface area contributed by atoms with Crippen LogP contribution >= 0.6 is 0 Å². The molecule has 0 aromatic heterocycles. The first-order valence-corrected chi connectivity index (χ1v) is 5.87. The summed E-state index contributed by atoms with van der Waals surface area (Å²) in [7, 11) is 0. The predicted molar refractivity (Wildman–Crippen MR) is 61.4 cm³/mol. The van der Waals surface area contributed by atoms with Crippen LogP contribution in [-0.2, 0) is 14.3 Å². The number of hydrogen-bond acceptors (Lipinski definition) is 5. The Morgan fingerprint density at radius 2 is 2.24 bits per heavy atom. The Balaban J connectivity index is 2.56. The molecule has 17 heavy (non-hydrogen) atoms. The van der Waals surface area contributed by atoms with E-state index in [2.05, 4.69) is 0 Å². The minimum Gasteiger partial charge on any atom is -0.463 e. The van der Waals surface area contributed by atoms with Crippen molar-refractivity contribution in [1.29, 1.82) is 0 Å². The lowest BCUT2D eigenvalue weighted by molar-refractivity contribution is -0.171. The van der Waals surface area contributed by atoms with Gasteiger partial charge in [0, 0.05) is 6.92 Å². The molecular formula is C12H22O5. The van der Waals surface area contributed by atoms with Crippen LogP contribution in [0.3, 0.4) is 0 Å². The second-order valence-corrected chi connectivity index (χ2v) is 5.43. The van der Waals surface area contributed by atoms with Crippen molar-refractivity contribution in [2.45, 2.75) is 63.9 Å². The van der Waals surface area contributed by atoms with Gasteiger partial charge in [-0.3, -0.25) is 4.79 Å². The molecule has 1 rings (SSSR count). The van der Waals surface area contributed by atoms with Crippen LogP contribution in [-0.4, -0.2) is 46.2 Å². The second-order valence-electron chi connectivity index (χ2n) is 5.43. The Labute approximate surface area is 102 Å². The molecule has 1 aliphatic heterocycles. The van der Waals surface area contributed by atoms with Gasteiger partial charge in [0.15, 0.2) is 0 Å². The molecule has 5 nitrogen and oxygen atoms in total. The zero-order valence-corrected chi connectivity index (χ0v) is 10.9. The summed E-state index contributed by atoms with van der Waals surface area (Å²) in [5.74, 6) is -0.426. The molecule has 100 valence electrons. The largest absolute Gasteiger partial charge is 0.463 e. The smallest absolute Gasteiger partial charge is 0.302 e. The number of aliphatic hydroxyl groups excluding tert-OH is 1. The molecule has 1 fully saturated rings. The number of carbonyl (C=O) groups excluding carboxylic acids is 1. The van der Waals surface area contributed by atoms with E-state index in [1.807, 2.05) is 0 Å². The Morgan fingerprint density at radius 1 is 1.65 bits per heavy atom. The molecule has 0 aromatic rings. The van der Waals surface area contributed by atoms with Crippen LogP contribution in [0.1, 0.15) is 40.5 Å². The Hall–Kier alpha value is -0.650.